The van der Waals surface area contributed by atoms with E-state index in [2.05, 4.69) is 11.8 Å². The summed E-state index contributed by atoms with van der Waals surface area (Å²) < 4.78 is 0. The number of hydrogen-bond acceptors (Lipinski definition) is 3. The lowest BCUT2D eigenvalue weighted by Crippen LogP contribution is -2.15. The average molecular weight is 306 g/mol. The molecule has 4 nitrogen and oxygen atoms in total. The third-order valence-corrected chi connectivity index (χ3v) is 3.75. The number of unbranched alkanes of at least 4 members (excludes halogenated alkanes) is 5. The van der Waals surface area contributed by atoms with Gasteiger partial charge in [0.25, 0.3) is 0 Å². The summed E-state index contributed by atoms with van der Waals surface area (Å²) in [5, 5.41) is 18.3. The van der Waals surface area contributed by atoms with E-state index < -0.39 is 5.97 Å². The van der Waals surface area contributed by atoms with Gasteiger partial charge < -0.3 is 10.0 Å². The second-order valence-electron chi connectivity index (χ2n) is 5.37. The van der Waals surface area contributed by atoms with Crippen molar-refractivity contribution < 1.29 is 9.90 Å². The molecule has 0 rings (SSSR count). The summed E-state index contributed by atoms with van der Waals surface area (Å²) in [5.74, 6) is -1.13. The lowest BCUT2D eigenvalue weighted by molar-refractivity contribution is -0.132. The van der Waals surface area contributed by atoms with Crippen molar-refractivity contribution in [3.05, 3.63) is 23.4 Å². The summed E-state index contributed by atoms with van der Waals surface area (Å²) in [6.45, 7) is 8.02. The van der Waals surface area contributed by atoms with Crippen molar-refractivity contribution in [1.29, 1.82) is 5.26 Å². The van der Waals surface area contributed by atoms with Crippen molar-refractivity contribution in [2.45, 2.75) is 65.7 Å². The summed E-state index contributed by atoms with van der Waals surface area (Å²) in [4.78, 5) is 13.3. The van der Waals surface area contributed by atoms with Crippen molar-refractivity contribution in [3.8, 4) is 6.07 Å². The summed E-state index contributed by atoms with van der Waals surface area (Å²) in [6, 6.07) is 1.83. The highest BCUT2D eigenvalue weighted by Gasteiger charge is 2.12. The summed E-state index contributed by atoms with van der Waals surface area (Å²) in [5.41, 5.74) is 0.509. The van der Waals surface area contributed by atoms with Crippen LogP contribution in [-0.2, 0) is 4.79 Å². The standard InChI is InChI=1S/C18H30N2O2/c1-4-7-8-9-10-11-12-16(17(15-19)18(21)22)13-14-20(5-2)6-3/h13-14H,4-12H2,1-3H3,(H,21,22). The van der Waals surface area contributed by atoms with Crippen molar-refractivity contribution >= 4 is 5.97 Å². The van der Waals surface area contributed by atoms with Crippen LogP contribution in [0.2, 0.25) is 0 Å². The van der Waals surface area contributed by atoms with Crippen molar-refractivity contribution in [3.63, 3.8) is 0 Å². The Labute approximate surface area is 135 Å². The molecule has 0 fully saturated rings. The molecule has 1 N–H and O–H groups in total. The van der Waals surface area contributed by atoms with E-state index in [1.165, 1.54) is 25.7 Å². The number of aliphatic carboxylic acids is 1. The number of hydrogen-bond donors (Lipinski definition) is 1. The number of carboxylic acids is 1. The van der Waals surface area contributed by atoms with Gasteiger partial charge in [0.2, 0.25) is 0 Å². The summed E-state index contributed by atoms with van der Waals surface area (Å²) in [7, 11) is 0. The van der Waals surface area contributed by atoms with Gasteiger partial charge in [-0.05, 0) is 44.5 Å². The smallest absolute Gasteiger partial charge is 0.346 e. The van der Waals surface area contributed by atoms with Crippen LogP contribution in [0.15, 0.2) is 23.4 Å². The predicted molar refractivity (Wildman–Crippen MR) is 90.3 cm³/mol. The first kappa shape index (κ1) is 20.2. The van der Waals surface area contributed by atoms with E-state index in [0.29, 0.717) is 12.0 Å². The van der Waals surface area contributed by atoms with Crippen LogP contribution in [0.25, 0.3) is 0 Å². The molecule has 0 amide bonds. The normalized spacial score (nSPS) is 12.1. The van der Waals surface area contributed by atoms with Crippen molar-refractivity contribution in [1.82, 2.24) is 4.90 Å². The third kappa shape index (κ3) is 8.51. The fourth-order valence-electron chi connectivity index (χ4n) is 2.27. The molecule has 0 aliphatic rings. The summed E-state index contributed by atoms with van der Waals surface area (Å²) >= 11 is 0. The number of nitrogens with zero attached hydrogens (tertiary/aromatic N) is 2. The first-order valence-corrected chi connectivity index (χ1v) is 8.39. The number of carbonyl (C=O) groups is 1. The molecule has 124 valence electrons. The van der Waals surface area contributed by atoms with Crippen LogP contribution >= 0.6 is 0 Å². The average Bonchev–Trinajstić information content (AvgIpc) is 2.51. The first-order valence-electron chi connectivity index (χ1n) is 8.39. The highest BCUT2D eigenvalue weighted by atomic mass is 16.4. The van der Waals surface area contributed by atoms with Gasteiger partial charge in [0.1, 0.15) is 11.6 Å². The fourth-order valence-corrected chi connectivity index (χ4v) is 2.27. The monoisotopic (exact) mass is 306 g/mol. The molecule has 0 radical (unpaired) electrons. The molecule has 0 aliphatic heterocycles. The minimum Gasteiger partial charge on any atom is -0.477 e. The lowest BCUT2D eigenvalue weighted by atomic mass is 10.0. The van der Waals surface area contributed by atoms with Crippen molar-refractivity contribution in [2.75, 3.05) is 13.1 Å². The molecule has 0 saturated heterocycles. The topological polar surface area (TPSA) is 64.3 Å². The zero-order valence-electron chi connectivity index (χ0n) is 14.3. The third-order valence-electron chi connectivity index (χ3n) is 3.75. The maximum Gasteiger partial charge on any atom is 0.346 e. The summed E-state index contributed by atoms with van der Waals surface area (Å²) in [6.07, 6.45) is 11.2. The number of nitriles is 1. The van der Waals surface area contributed by atoms with Crippen LogP contribution in [0.5, 0.6) is 0 Å². The quantitative estimate of drug-likeness (QED) is 0.249. The Balaban J connectivity index is 4.76. The molecular formula is C18H30N2O2. The van der Waals surface area contributed by atoms with Gasteiger partial charge in [0.05, 0.1) is 0 Å². The van der Waals surface area contributed by atoms with Gasteiger partial charge in [0.15, 0.2) is 0 Å². The van der Waals surface area contributed by atoms with Gasteiger partial charge in [-0.1, -0.05) is 39.0 Å². The van der Waals surface area contributed by atoms with Gasteiger partial charge in [0, 0.05) is 13.1 Å². The van der Waals surface area contributed by atoms with Crippen LogP contribution in [0.3, 0.4) is 0 Å². The minimum absolute atomic E-state index is 0.128. The van der Waals surface area contributed by atoms with Gasteiger partial charge in [-0.2, -0.15) is 5.26 Å². The zero-order valence-corrected chi connectivity index (χ0v) is 14.3. The van der Waals surface area contributed by atoms with Gasteiger partial charge in [-0.3, -0.25) is 0 Å². The molecule has 0 aliphatic carbocycles. The Bertz CT molecular complexity index is 415. The zero-order chi connectivity index (χ0) is 16.8. The molecule has 0 bridgehead atoms. The van der Waals surface area contributed by atoms with Gasteiger partial charge in [-0.25, -0.2) is 4.79 Å². The fraction of sp³-hybridized carbons (Fsp3) is 0.667. The highest BCUT2D eigenvalue weighted by molar-refractivity contribution is 5.92. The maximum atomic E-state index is 11.2. The van der Waals surface area contributed by atoms with E-state index in [-0.39, 0.29) is 5.57 Å². The van der Waals surface area contributed by atoms with E-state index in [0.717, 1.165) is 25.9 Å². The molecular weight excluding hydrogens is 276 g/mol. The largest absolute Gasteiger partial charge is 0.477 e. The molecule has 0 aromatic carbocycles. The molecule has 0 atom stereocenters. The number of allylic oxidation sites excluding steroid dienone is 2. The highest BCUT2D eigenvalue weighted by Crippen LogP contribution is 2.17. The molecule has 22 heavy (non-hydrogen) atoms. The molecule has 0 unspecified atom stereocenters. The predicted octanol–water partition coefficient (Wildman–Crippen LogP) is 4.50. The molecule has 0 saturated carbocycles. The van der Waals surface area contributed by atoms with Crippen LogP contribution in [0, 0.1) is 11.3 Å². The van der Waals surface area contributed by atoms with Crippen LogP contribution in [0.1, 0.15) is 65.7 Å². The Hall–Kier alpha value is -1.76. The Morgan fingerprint density at radius 3 is 2.18 bits per heavy atom. The second kappa shape index (κ2) is 12.9. The van der Waals surface area contributed by atoms with Gasteiger partial charge in [-0.15, -0.1) is 0 Å². The number of carboxylic acid groups (broad SMARTS) is 1. The molecule has 4 heteroatoms. The Kier molecular flexibility index (Phi) is 11.9. The van der Waals surface area contributed by atoms with Gasteiger partial charge >= 0.3 is 5.97 Å². The molecule has 0 aromatic rings. The Morgan fingerprint density at radius 2 is 1.68 bits per heavy atom. The minimum atomic E-state index is -1.13. The lowest BCUT2D eigenvalue weighted by Gasteiger charge is -2.15. The molecule has 0 heterocycles. The maximum absolute atomic E-state index is 11.2. The SMILES string of the molecule is CCCCCCCCC(C=CN(CC)CC)=C(C#N)C(=O)O. The van der Waals surface area contributed by atoms with E-state index in [1.54, 1.807) is 6.08 Å². The van der Waals surface area contributed by atoms with Crippen LogP contribution in [0.4, 0.5) is 0 Å². The molecule has 0 spiro atoms. The molecule has 0 aromatic heterocycles. The van der Waals surface area contributed by atoms with E-state index in [9.17, 15) is 4.79 Å². The van der Waals surface area contributed by atoms with Crippen LogP contribution < -0.4 is 0 Å². The Morgan fingerprint density at radius 1 is 1.09 bits per heavy atom. The first-order chi connectivity index (χ1) is 10.6. The second-order valence-corrected chi connectivity index (χ2v) is 5.37. The van der Waals surface area contributed by atoms with Crippen molar-refractivity contribution in [2.24, 2.45) is 0 Å². The van der Waals surface area contributed by atoms with E-state index >= 15 is 0 Å². The van der Waals surface area contributed by atoms with E-state index in [1.807, 2.05) is 26.1 Å². The van der Waals surface area contributed by atoms with E-state index in [4.69, 9.17) is 10.4 Å². The van der Waals surface area contributed by atoms with Crippen LogP contribution in [-0.4, -0.2) is 29.1 Å². The number of rotatable bonds is 12.